The van der Waals surface area contributed by atoms with Crippen LogP contribution < -0.4 is 5.32 Å². The van der Waals surface area contributed by atoms with Gasteiger partial charge in [0.1, 0.15) is 0 Å². The lowest BCUT2D eigenvalue weighted by Crippen LogP contribution is -2.15. The number of thioether (sulfide) groups is 1. The molecule has 3 rings (SSSR count). The predicted octanol–water partition coefficient (Wildman–Crippen LogP) is 3.44. The Morgan fingerprint density at radius 3 is 3.15 bits per heavy atom. The quantitative estimate of drug-likeness (QED) is 0.534. The zero-order valence-electron chi connectivity index (χ0n) is 10.6. The minimum Gasteiger partial charge on any atom is -0.311 e. The summed E-state index contributed by atoms with van der Waals surface area (Å²) in [5, 5.41) is 14.8. The molecule has 0 aliphatic heterocycles. The Balaban J connectivity index is 1.46. The van der Waals surface area contributed by atoms with Crippen LogP contribution in [-0.2, 0) is 6.54 Å². The highest BCUT2D eigenvalue weighted by Gasteiger charge is 2.04. The molecule has 0 aliphatic carbocycles. The van der Waals surface area contributed by atoms with Crippen molar-refractivity contribution in [3.05, 3.63) is 45.2 Å². The van der Waals surface area contributed by atoms with Crippen LogP contribution in [0.1, 0.15) is 4.88 Å². The highest BCUT2D eigenvalue weighted by molar-refractivity contribution is 9.10. The molecule has 0 radical (unpaired) electrons. The van der Waals surface area contributed by atoms with Gasteiger partial charge in [-0.15, -0.1) is 21.5 Å². The Morgan fingerprint density at radius 2 is 2.30 bits per heavy atom. The van der Waals surface area contributed by atoms with Crippen molar-refractivity contribution in [2.24, 2.45) is 0 Å². The predicted molar refractivity (Wildman–Crippen MR) is 87.4 cm³/mol. The number of hydrogen-bond acceptors (Lipinski definition) is 5. The number of aromatic nitrogens is 3. The molecule has 0 aliphatic rings. The van der Waals surface area contributed by atoms with Gasteiger partial charge in [0.05, 0.1) is 0 Å². The van der Waals surface area contributed by atoms with Crippen LogP contribution in [0.4, 0.5) is 0 Å². The molecule has 104 valence electrons. The second kappa shape index (κ2) is 6.71. The van der Waals surface area contributed by atoms with Crippen LogP contribution in [-0.4, -0.2) is 26.9 Å². The monoisotopic (exact) mass is 368 g/mol. The van der Waals surface area contributed by atoms with E-state index in [2.05, 4.69) is 42.9 Å². The number of nitrogens with one attached hydrogen (secondary N) is 1. The van der Waals surface area contributed by atoms with Gasteiger partial charge >= 0.3 is 0 Å². The number of hydrogen-bond donors (Lipinski definition) is 1. The fourth-order valence-corrected chi connectivity index (χ4v) is 4.03. The molecule has 0 saturated heterocycles. The summed E-state index contributed by atoms with van der Waals surface area (Å²) in [5.41, 5.74) is 0.895. The number of rotatable bonds is 6. The van der Waals surface area contributed by atoms with Gasteiger partial charge in [-0.1, -0.05) is 17.8 Å². The van der Waals surface area contributed by atoms with Crippen molar-refractivity contribution in [1.82, 2.24) is 19.9 Å². The van der Waals surface area contributed by atoms with E-state index in [1.807, 2.05) is 28.8 Å². The lowest BCUT2D eigenvalue weighted by molar-refractivity contribution is 0.739. The molecule has 0 unspecified atom stereocenters. The third-order valence-corrected chi connectivity index (χ3v) is 5.36. The van der Waals surface area contributed by atoms with Gasteiger partial charge in [-0.2, -0.15) is 0 Å². The highest BCUT2D eigenvalue weighted by atomic mass is 79.9. The van der Waals surface area contributed by atoms with Crippen LogP contribution in [0.15, 0.2) is 45.5 Å². The van der Waals surface area contributed by atoms with E-state index in [0.717, 1.165) is 34.1 Å². The molecule has 3 aromatic rings. The summed E-state index contributed by atoms with van der Waals surface area (Å²) in [6, 6.07) is 8.08. The summed E-state index contributed by atoms with van der Waals surface area (Å²) >= 11 is 6.95. The molecule has 0 aromatic carbocycles. The average Bonchev–Trinajstić information content (AvgIpc) is 3.05. The zero-order valence-corrected chi connectivity index (χ0v) is 13.8. The summed E-state index contributed by atoms with van der Waals surface area (Å²) in [7, 11) is 0. The molecule has 0 spiro atoms. The number of nitrogens with zero attached hydrogens (tertiary/aromatic N) is 3. The van der Waals surface area contributed by atoms with Crippen molar-refractivity contribution in [3.63, 3.8) is 0 Å². The van der Waals surface area contributed by atoms with Gasteiger partial charge in [0.25, 0.3) is 0 Å². The normalized spacial score (nSPS) is 11.2. The first-order valence-electron chi connectivity index (χ1n) is 6.19. The molecule has 3 heterocycles. The number of thiophene rings is 1. The molecule has 0 saturated carbocycles. The molecular weight excluding hydrogens is 356 g/mol. The summed E-state index contributed by atoms with van der Waals surface area (Å²) < 4.78 is 3.17. The fraction of sp³-hybridized carbons (Fsp3) is 0.231. The maximum atomic E-state index is 4.20. The van der Waals surface area contributed by atoms with Crippen molar-refractivity contribution in [3.8, 4) is 0 Å². The summed E-state index contributed by atoms with van der Waals surface area (Å²) in [6.07, 6.45) is 1.99. The summed E-state index contributed by atoms with van der Waals surface area (Å²) in [5.74, 6) is 0.974. The minimum atomic E-state index is 0.895. The summed E-state index contributed by atoms with van der Waals surface area (Å²) in [4.78, 5) is 1.34. The molecule has 0 amide bonds. The molecule has 20 heavy (non-hydrogen) atoms. The van der Waals surface area contributed by atoms with Gasteiger partial charge in [-0.25, -0.2) is 0 Å². The van der Waals surface area contributed by atoms with E-state index in [9.17, 15) is 0 Å². The molecular formula is C13H13BrN4S2. The molecule has 0 fully saturated rings. The highest BCUT2D eigenvalue weighted by Crippen LogP contribution is 2.19. The molecule has 1 N–H and O–H groups in total. The third kappa shape index (κ3) is 3.41. The second-order valence-corrected chi connectivity index (χ2v) is 7.14. The Labute approximate surface area is 133 Å². The molecule has 4 nitrogen and oxygen atoms in total. The third-order valence-electron chi connectivity index (χ3n) is 2.71. The first-order valence-corrected chi connectivity index (χ1v) is 8.85. The molecule has 3 aromatic heterocycles. The van der Waals surface area contributed by atoms with Crippen molar-refractivity contribution in [2.75, 3.05) is 12.3 Å². The first kappa shape index (κ1) is 14.1. The standard InChI is InChI=1S/C13H13BrN4S2/c14-10-7-11(20-9-10)8-15-4-6-19-13-17-16-12-3-1-2-5-18(12)13/h1-3,5,7,9,15H,4,6,8H2. The lowest BCUT2D eigenvalue weighted by atomic mass is 10.4. The van der Waals surface area contributed by atoms with Gasteiger partial charge in [-0.3, -0.25) is 4.40 Å². The van der Waals surface area contributed by atoms with Crippen LogP contribution in [0.3, 0.4) is 0 Å². The SMILES string of the molecule is Brc1csc(CNCCSc2nnc3ccccn23)c1. The van der Waals surface area contributed by atoms with Gasteiger partial charge in [0, 0.05) is 39.8 Å². The Bertz CT molecular complexity index is 694. The largest absolute Gasteiger partial charge is 0.311 e. The van der Waals surface area contributed by atoms with Crippen LogP contribution in [0.2, 0.25) is 0 Å². The zero-order chi connectivity index (χ0) is 13.8. The Kier molecular flexibility index (Phi) is 4.72. The maximum Gasteiger partial charge on any atom is 0.195 e. The summed E-state index contributed by atoms with van der Waals surface area (Å²) in [6.45, 7) is 1.86. The second-order valence-electron chi connectivity index (χ2n) is 4.17. The van der Waals surface area contributed by atoms with E-state index >= 15 is 0 Å². The average molecular weight is 369 g/mol. The Hall–Kier alpha value is -0.890. The van der Waals surface area contributed by atoms with E-state index < -0.39 is 0 Å². The van der Waals surface area contributed by atoms with E-state index in [0.29, 0.717) is 0 Å². The van der Waals surface area contributed by atoms with Crippen molar-refractivity contribution in [1.29, 1.82) is 0 Å². The topological polar surface area (TPSA) is 42.2 Å². The van der Waals surface area contributed by atoms with Gasteiger partial charge in [0.2, 0.25) is 0 Å². The van der Waals surface area contributed by atoms with E-state index in [-0.39, 0.29) is 0 Å². The van der Waals surface area contributed by atoms with Gasteiger partial charge in [0.15, 0.2) is 10.8 Å². The Morgan fingerprint density at radius 1 is 1.35 bits per heavy atom. The van der Waals surface area contributed by atoms with E-state index in [4.69, 9.17) is 0 Å². The fourth-order valence-electron chi connectivity index (χ4n) is 1.79. The van der Waals surface area contributed by atoms with Crippen molar-refractivity contribution >= 4 is 44.7 Å². The maximum absolute atomic E-state index is 4.20. The van der Waals surface area contributed by atoms with Crippen molar-refractivity contribution < 1.29 is 0 Å². The smallest absolute Gasteiger partial charge is 0.195 e. The minimum absolute atomic E-state index is 0.895. The lowest BCUT2D eigenvalue weighted by Gasteiger charge is -2.02. The van der Waals surface area contributed by atoms with Gasteiger partial charge in [-0.05, 0) is 34.1 Å². The van der Waals surface area contributed by atoms with Crippen LogP contribution in [0, 0.1) is 0 Å². The van der Waals surface area contributed by atoms with Crippen LogP contribution >= 0.6 is 39.0 Å². The van der Waals surface area contributed by atoms with Crippen LogP contribution in [0.25, 0.3) is 5.65 Å². The molecule has 7 heteroatoms. The van der Waals surface area contributed by atoms with Crippen LogP contribution in [0.5, 0.6) is 0 Å². The first-order chi connectivity index (χ1) is 9.83. The van der Waals surface area contributed by atoms with E-state index in [1.165, 1.54) is 4.88 Å². The van der Waals surface area contributed by atoms with E-state index in [1.54, 1.807) is 23.1 Å². The number of halogens is 1. The number of pyridine rings is 1. The van der Waals surface area contributed by atoms with Crippen molar-refractivity contribution in [2.45, 2.75) is 11.7 Å². The number of fused-ring (bicyclic) bond motifs is 1. The molecule has 0 atom stereocenters. The van der Waals surface area contributed by atoms with Gasteiger partial charge < -0.3 is 5.32 Å². The molecule has 0 bridgehead atoms.